The van der Waals surface area contributed by atoms with E-state index in [0.29, 0.717) is 28.0 Å². The number of rotatable bonds is 4. The van der Waals surface area contributed by atoms with Crippen LogP contribution in [0.3, 0.4) is 0 Å². The van der Waals surface area contributed by atoms with Gasteiger partial charge in [-0.2, -0.15) is 0 Å². The number of hydrogen-bond acceptors (Lipinski definition) is 4. The minimum atomic E-state index is -2.52. The van der Waals surface area contributed by atoms with Gasteiger partial charge in [0.25, 0.3) is 0 Å². The molecule has 0 fully saturated rings. The molecule has 4 nitrogen and oxygen atoms in total. The van der Waals surface area contributed by atoms with Crippen LogP contribution in [0.4, 0.5) is 0 Å². The largest absolute Gasteiger partial charge is 0.501 e. The summed E-state index contributed by atoms with van der Waals surface area (Å²) in [5.41, 5.74) is 4.73. The van der Waals surface area contributed by atoms with Crippen LogP contribution in [-0.4, -0.2) is 9.97 Å². The van der Waals surface area contributed by atoms with Crippen LogP contribution in [-0.2, 0) is 32.9 Å². The molecule has 0 bridgehead atoms. The van der Waals surface area contributed by atoms with Crippen molar-refractivity contribution in [1.29, 1.82) is 0 Å². The molecule has 273 valence electrons. The molecule has 5 aromatic carbocycles. The van der Waals surface area contributed by atoms with Gasteiger partial charge >= 0.3 is 0 Å². The maximum Gasteiger partial charge on any atom is 0.143 e. The Morgan fingerprint density at radius 1 is 0.648 bits per heavy atom. The van der Waals surface area contributed by atoms with Gasteiger partial charge in [-0.25, -0.2) is 0 Å². The predicted octanol–water partition coefficient (Wildman–Crippen LogP) is 13.5. The van der Waals surface area contributed by atoms with Gasteiger partial charge in [0.2, 0.25) is 0 Å². The van der Waals surface area contributed by atoms with E-state index in [1.54, 1.807) is 39.1 Å². The average Bonchev–Trinajstić information content (AvgIpc) is 3.79. The van der Waals surface area contributed by atoms with Crippen molar-refractivity contribution in [2.45, 2.75) is 61.1 Å². The number of benzene rings is 5. The van der Waals surface area contributed by atoms with E-state index in [4.69, 9.17) is 18.4 Å². The van der Waals surface area contributed by atoms with E-state index in [1.165, 1.54) is 6.20 Å². The molecule has 4 aromatic heterocycles. The first-order chi connectivity index (χ1) is 28.2. The molecule has 0 aliphatic carbocycles. The normalized spacial score (nSPS) is 14.7. The summed E-state index contributed by atoms with van der Waals surface area (Å²) in [6.07, 6.45) is -0.454. The Balaban J connectivity index is 0.000000237. The number of aryl methyl sites for hydroxylation is 1. The van der Waals surface area contributed by atoms with Crippen molar-refractivity contribution in [3.05, 3.63) is 144 Å². The first-order valence-electron chi connectivity index (χ1n) is 21.2. The second kappa shape index (κ2) is 14.6. The number of hydrogen-bond donors (Lipinski definition) is 0. The van der Waals surface area contributed by atoms with Crippen molar-refractivity contribution in [3.63, 3.8) is 0 Å². The molecule has 0 aliphatic rings. The molecule has 1 radical (unpaired) electrons. The second-order valence-electron chi connectivity index (χ2n) is 15.3. The Morgan fingerprint density at radius 2 is 1.35 bits per heavy atom. The van der Waals surface area contributed by atoms with Gasteiger partial charge in [-0.05, 0) is 76.5 Å². The standard InChI is InChI=1S/C33H26NO2.C16H18N.Ir/c1-19-18-34-26(16-21(19)17-33(2,3)4)23-10-7-11-24-29-27(36-32(23)24)14-15-28-30(29)25-13-12-20-8-5-6-9-22(20)31(25)35-28;1-16(2,3)11-13-9-10-15(17-12-13)14-7-5-4-6-8-14;/h5-9,11-16,18H,17H2,1-4H3;4-7,9-10,12H,11H2,1-3H3;/q2*-1;/i1D3,17D2;11D2;. The van der Waals surface area contributed by atoms with Crippen LogP contribution in [0.25, 0.3) is 77.2 Å². The molecular weight excluding hydrogens is 841 g/mol. The average molecular weight is 892 g/mol. The van der Waals surface area contributed by atoms with Crippen molar-refractivity contribution >= 4 is 54.6 Å². The van der Waals surface area contributed by atoms with Gasteiger partial charge in [0.05, 0.1) is 5.58 Å². The number of aromatic nitrogens is 2. The third kappa shape index (κ3) is 7.49. The minimum Gasteiger partial charge on any atom is -0.501 e. The van der Waals surface area contributed by atoms with Gasteiger partial charge in [0.15, 0.2) is 0 Å². The SMILES string of the molecule is [2H]C([2H])([2H])c1cnc(-c2[c-]ccc3c2oc2ccc4oc5c6ccccc6ccc5c4c23)cc1C([2H])([2H])C(C)(C)C.[2H]C([2H])(c1ccc(-c2[c-]cccc2)nc1)C(C)(C)C.[Ir]. The summed E-state index contributed by atoms with van der Waals surface area (Å²) in [7, 11) is 0. The molecule has 0 amide bonds. The van der Waals surface area contributed by atoms with E-state index in [1.807, 2.05) is 87.5 Å². The molecule has 5 heteroatoms. The Kier molecular flexibility index (Phi) is 7.93. The maximum atomic E-state index is 8.90. The van der Waals surface area contributed by atoms with Gasteiger partial charge < -0.3 is 18.8 Å². The fourth-order valence-electron chi connectivity index (χ4n) is 6.73. The maximum absolute atomic E-state index is 8.90. The molecule has 0 saturated heterocycles. The Bertz CT molecular complexity index is 3050. The molecule has 0 N–H and O–H groups in total. The van der Waals surface area contributed by atoms with Gasteiger partial charge in [-0.3, -0.25) is 0 Å². The summed E-state index contributed by atoms with van der Waals surface area (Å²) in [6, 6.07) is 39.0. The quantitative estimate of drug-likeness (QED) is 0.165. The zero-order valence-electron chi connectivity index (χ0n) is 38.0. The van der Waals surface area contributed by atoms with Crippen molar-refractivity contribution in [1.82, 2.24) is 9.97 Å². The molecule has 4 heterocycles. The summed E-state index contributed by atoms with van der Waals surface area (Å²) in [6.45, 7) is 8.43. The first kappa shape index (κ1) is 29.3. The van der Waals surface area contributed by atoms with Crippen LogP contribution >= 0.6 is 0 Å². The predicted molar refractivity (Wildman–Crippen MR) is 220 cm³/mol. The van der Waals surface area contributed by atoms with E-state index in [2.05, 4.69) is 46.4 Å². The van der Waals surface area contributed by atoms with Crippen molar-refractivity contribution in [3.8, 4) is 22.5 Å². The fraction of sp³-hybridized carbons (Fsp3) is 0.224. The second-order valence-corrected chi connectivity index (χ2v) is 15.3. The third-order valence-corrected chi connectivity index (χ3v) is 8.86. The van der Waals surface area contributed by atoms with Gasteiger partial charge in [0.1, 0.15) is 16.7 Å². The monoisotopic (exact) mass is 892 g/mol. The van der Waals surface area contributed by atoms with Crippen LogP contribution in [0.2, 0.25) is 0 Å². The van der Waals surface area contributed by atoms with E-state index >= 15 is 0 Å². The van der Waals surface area contributed by atoms with E-state index < -0.39 is 30.4 Å². The number of furan rings is 2. The first-order valence-corrected chi connectivity index (χ1v) is 17.7. The summed E-state index contributed by atoms with van der Waals surface area (Å²) in [4.78, 5) is 8.85. The molecule has 9 rings (SSSR count). The van der Waals surface area contributed by atoms with E-state index in [-0.39, 0.29) is 31.2 Å². The van der Waals surface area contributed by atoms with Crippen molar-refractivity contribution in [2.75, 3.05) is 0 Å². The summed E-state index contributed by atoms with van der Waals surface area (Å²) >= 11 is 0. The summed E-state index contributed by atoms with van der Waals surface area (Å²) in [5, 5.41) is 5.83. The molecule has 54 heavy (non-hydrogen) atoms. The number of fused-ring (bicyclic) bond motifs is 9. The van der Waals surface area contributed by atoms with Crippen molar-refractivity contribution in [2.24, 2.45) is 10.8 Å². The van der Waals surface area contributed by atoms with Crippen LogP contribution in [0.1, 0.15) is 67.8 Å². The zero-order chi connectivity index (χ0) is 43.0. The van der Waals surface area contributed by atoms with Crippen LogP contribution in [0.5, 0.6) is 0 Å². The minimum absolute atomic E-state index is 0. The molecule has 0 spiro atoms. The topological polar surface area (TPSA) is 52.1 Å². The fourth-order valence-corrected chi connectivity index (χ4v) is 6.73. The summed E-state index contributed by atoms with van der Waals surface area (Å²) < 4.78 is 71.2. The Labute approximate surface area is 340 Å². The van der Waals surface area contributed by atoms with Crippen LogP contribution < -0.4 is 0 Å². The molecule has 0 aliphatic heterocycles. The van der Waals surface area contributed by atoms with Gasteiger partial charge in [-0.1, -0.05) is 107 Å². The Hall–Kier alpha value is -5.09. The molecule has 0 atom stereocenters. The zero-order valence-corrected chi connectivity index (χ0v) is 33.4. The smallest absolute Gasteiger partial charge is 0.143 e. The number of nitrogens with zero attached hydrogens (tertiary/aromatic N) is 2. The van der Waals surface area contributed by atoms with E-state index in [0.717, 1.165) is 54.7 Å². The van der Waals surface area contributed by atoms with Crippen molar-refractivity contribution < 1.29 is 38.5 Å². The van der Waals surface area contributed by atoms with Gasteiger partial charge in [-0.15, -0.1) is 54.1 Å². The van der Waals surface area contributed by atoms with E-state index in [9.17, 15) is 0 Å². The third-order valence-electron chi connectivity index (χ3n) is 8.86. The van der Waals surface area contributed by atoms with Crippen LogP contribution in [0.15, 0.2) is 124 Å². The molecule has 0 saturated carbocycles. The van der Waals surface area contributed by atoms with Gasteiger partial charge in [0, 0.05) is 63.6 Å². The Morgan fingerprint density at radius 3 is 2.04 bits per heavy atom. The van der Waals surface area contributed by atoms with Crippen LogP contribution in [0, 0.1) is 29.8 Å². The molecule has 9 aromatic rings. The molecule has 0 unspecified atom stereocenters. The number of pyridine rings is 2. The summed E-state index contributed by atoms with van der Waals surface area (Å²) in [5.74, 6) is 0. The molecular formula is C49H44IrN2O2-2.